The predicted octanol–water partition coefficient (Wildman–Crippen LogP) is 5.16. The summed E-state index contributed by atoms with van der Waals surface area (Å²) in [6.45, 7) is 3.62. The summed E-state index contributed by atoms with van der Waals surface area (Å²) in [5, 5.41) is 21.3. The highest BCUT2D eigenvalue weighted by Gasteiger charge is 2.43. The molecule has 0 fully saturated rings. The van der Waals surface area contributed by atoms with E-state index in [0.29, 0.717) is 6.54 Å². The molecule has 0 rings (SSSR count). The number of aliphatic hydroxyl groups is 1. The molecule has 1 unspecified atom stereocenters. The summed E-state index contributed by atoms with van der Waals surface area (Å²) in [4.78, 5) is 34.2. The van der Waals surface area contributed by atoms with E-state index in [1.165, 1.54) is 83.5 Å². The van der Waals surface area contributed by atoms with Gasteiger partial charge in [-0.25, -0.2) is 0 Å². The van der Waals surface area contributed by atoms with Crippen LogP contribution in [0.25, 0.3) is 0 Å². The smallest absolute Gasteiger partial charge is 0.307 e. The van der Waals surface area contributed by atoms with Crippen molar-refractivity contribution < 1.29 is 24.6 Å². The number of amides is 1. The summed E-state index contributed by atoms with van der Waals surface area (Å²) in [5.41, 5.74) is -2.47. The Morgan fingerprint density at radius 2 is 1.07 bits per heavy atom. The average molecular weight is 428 g/mol. The molecule has 0 aliphatic carbocycles. The van der Waals surface area contributed by atoms with Gasteiger partial charge in [-0.15, -0.1) is 0 Å². The zero-order valence-electron chi connectivity index (χ0n) is 19.3. The number of rotatable bonds is 21. The highest BCUT2D eigenvalue weighted by molar-refractivity contribution is 6.10. The van der Waals surface area contributed by atoms with Gasteiger partial charge in [0.15, 0.2) is 5.78 Å². The maximum absolute atomic E-state index is 12.0. The van der Waals surface area contributed by atoms with E-state index in [-0.39, 0.29) is 0 Å². The van der Waals surface area contributed by atoms with Crippen LogP contribution in [0, 0.1) is 0 Å². The summed E-state index contributed by atoms with van der Waals surface area (Å²) < 4.78 is 0. The number of hydrogen-bond donors (Lipinski definition) is 3. The first kappa shape index (κ1) is 28.6. The van der Waals surface area contributed by atoms with Gasteiger partial charge in [0.25, 0.3) is 5.91 Å². The van der Waals surface area contributed by atoms with Crippen molar-refractivity contribution in [2.24, 2.45) is 0 Å². The minimum absolute atomic E-state index is 0.340. The molecular weight excluding hydrogens is 382 g/mol. The second-order valence-corrected chi connectivity index (χ2v) is 8.55. The van der Waals surface area contributed by atoms with Crippen molar-refractivity contribution in [3.63, 3.8) is 0 Å². The Hall–Kier alpha value is -1.43. The number of unbranched alkanes of at least 4 members (excludes halogenated alkanes) is 15. The monoisotopic (exact) mass is 427 g/mol. The maximum atomic E-state index is 12.0. The fraction of sp³-hybridized carbons (Fsp3) is 0.875. The molecule has 1 amide bonds. The van der Waals surface area contributed by atoms with Crippen LogP contribution in [-0.2, 0) is 14.4 Å². The Labute approximate surface area is 183 Å². The lowest BCUT2D eigenvalue weighted by Gasteiger charge is -2.22. The van der Waals surface area contributed by atoms with E-state index in [2.05, 4.69) is 12.2 Å². The predicted molar refractivity (Wildman–Crippen MR) is 120 cm³/mol. The van der Waals surface area contributed by atoms with E-state index >= 15 is 0 Å². The van der Waals surface area contributed by atoms with Gasteiger partial charge >= 0.3 is 5.97 Å². The van der Waals surface area contributed by atoms with Gasteiger partial charge in [-0.3, -0.25) is 14.4 Å². The van der Waals surface area contributed by atoms with Gasteiger partial charge in [0.2, 0.25) is 5.60 Å². The second kappa shape index (κ2) is 18.3. The quantitative estimate of drug-likeness (QED) is 0.173. The largest absolute Gasteiger partial charge is 0.481 e. The maximum Gasteiger partial charge on any atom is 0.307 e. The van der Waals surface area contributed by atoms with E-state index in [1.807, 2.05) is 0 Å². The first-order chi connectivity index (χ1) is 14.3. The summed E-state index contributed by atoms with van der Waals surface area (Å²) in [7, 11) is 0. The number of hydrogen-bond acceptors (Lipinski definition) is 4. The van der Waals surface area contributed by atoms with Crippen molar-refractivity contribution in [2.45, 2.75) is 129 Å². The number of Topliss-reactive ketones (excluding diaryl/α,β-unsaturated/α-hetero) is 1. The molecule has 0 spiro atoms. The van der Waals surface area contributed by atoms with Crippen LogP contribution in [0.1, 0.15) is 123 Å². The molecule has 0 aromatic heterocycles. The fourth-order valence-corrected chi connectivity index (χ4v) is 3.60. The lowest BCUT2D eigenvalue weighted by molar-refractivity contribution is -0.159. The molecule has 0 heterocycles. The van der Waals surface area contributed by atoms with Crippen molar-refractivity contribution in [3.05, 3.63) is 0 Å². The van der Waals surface area contributed by atoms with E-state index in [9.17, 15) is 19.5 Å². The summed E-state index contributed by atoms with van der Waals surface area (Å²) >= 11 is 0. The van der Waals surface area contributed by atoms with E-state index in [4.69, 9.17) is 5.11 Å². The molecule has 6 nitrogen and oxygen atoms in total. The molecule has 0 saturated carbocycles. The third-order valence-corrected chi connectivity index (χ3v) is 5.68. The standard InChI is InChI=1S/C24H45NO5/c1-3-4-5-6-7-8-9-10-11-12-13-14-15-16-17-18-19-25-23(29)24(30,21(2)26)20-22(27)28/h30H,3-20H2,1-2H3,(H,25,29)(H,27,28). The third kappa shape index (κ3) is 14.5. The molecule has 0 aromatic carbocycles. The SMILES string of the molecule is CCCCCCCCCCCCCCCCCCNC(=O)C(O)(CC(=O)O)C(C)=O. The van der Waals surface area contributed by atoms with Crippen LogP contribution in [0.5, 0.6) is 0 Å². The van der Waals surface area contributed by atoms with Gasteiger partial charge in [-0.1, -0.05) is 103 Å². The fourth-order valence-electron chi connectivity index (χ4n) is 3.60. The Kier molecular flexibility index (Phi) is 17.5. The zero-order chi connectivity index (χ0) is 22.7. The first-order valence-electron chi connectivity index (χ1n) is 12.1. The molecular formula is C24H45NO5. The van der Waals surface area contributed by atoms with Crippen LogP contribution in [0.15, 0.2) is 0 Å². The van der Waals surface area contributed by atoms with E-state index in [1.54, 1.807) is 0 Å². The number of ketones is 1. The highest BCUT2D eigenvalue weighted by Crippen LogP contribution is 2.14. The van der Waals surface area contributed by atoms with Gasteiger partial charge in [0.05, 0.1) is 6.42 Å². The lowest BCUT2D eigenvalue weighted by atomic mass is 9.94. The molecule has 1 atom stereocenters. The van der Waals surface area contributed by atoms with E-state index < -0.39 is 29.7 Å². The van der Waals surface area contributed by atoms with Crippen LogP contribution in [-0.4, -0.2) is 40.0 Å². The van der Waals surface area contributed by atoms with E-state index in [0.717, 1.165) is 26.2 Å². The molecule has 176 valence electrons. The molecule has 0 radical (unpaired) electrons. The number of carboxylic acid groups (broad SMARTS) is 1. The summed E-state index contributed by atoms with van der Waals surface area (Å²) in [6, 6.07) is 0. The van der Waals surface area contributed by atoms with Crippen molar-refractivity contribution >= 4 is 17.7 Å². The third-order valence-electron chi connectivity index (χ3n) is 5.68. The number of carbonyl (C=O) groups excluding carboxylic acids is 2. The Morgan fingerprint density at radius 1 is 0.700 bits per heavy atom. The second-order valence-electron chi connectivity index (χ2n) is 8.55. The topological polar surface area (TPSA) is 104 Å². The molecule has 0 bridgehead atoms. The number of carbonyl (C=O) groups is 3. The molecule has 30 heavy (non-hydrogen) atoms. The van der Waals surface area contributed by atoms with Crippen molar-refractivity contribution in [3.8, 4) is 0 Å². The minimum atomic E-state index is -2.47. The van der Waals surface area contributed by atoms with Gasteiger partial charge in [0.1, 0.15) is 0 Å². The lowest BCUT2D eigenvalue weighted by Crippen LogP contribution is -2.53. The van der Waals surface area contributed by atoms with Crippen molar-refractivity contribution in [2.75, 3.05) is 6.54 Å². The number of aliphatic carboxylic acids is 1. The normalized spacial score (nSPS) is 13.0. The molecule has 3 N–H and O–H groups in total. The molecule has 0 aliphatic heterocycles. The first-order valence-corrected chi connectivity index (χ1v) is 12.1. The van der Waals surface area contributed by atoms with Crippen LogP contribution >= 0.6 is 0 Å². The molecule has 6 heteroatoms. The van der Waals surface area contributed by atoms with Gasteiger partial charge in [-0.05, 0) is 13.3 Å². The minimum Gasteiger partial charge on any atom is -0.481 e. The molecule has 0 saturated heterocycles. The average Bonchev–Trinajstić information content (AvgIpc) is 2.69. The zero-order valence-corrected chi connectivity index (χ0v) is 19.3. The number of nitrogens with one attached hydrogen (secondary N) is 1. The molecule has 0 aromatic rings. The van der Waals surface area contributed by atoms with Crippen molar-refractivity contribution in [1.82, 2.24) is 5.32 Å². The van der Waals surface area contributed by atoms with Crippen LogP contribution in [0.2, 0.25) is 0 Å². The van der Waals surface area contributed by atoms with Crippen LogP contribution in [0.3, 0.4) is 0 Å². The van der Waals surface area contributed by atoms with Gasteiger partial charge < -0.3 is 15.5 Å². The summed E-state index contributed by atoms with van der Waals surface area (Å²) in [5.74, 6) is -3.15. The number of carboxylic acids is 1. The van der Waals surface area contributed by atoms with Gasteiger partial charge in [-0.2, -0.15) is 0 Å². The summed E-state index contributed by atoms with van der Waals surface area (Å²) in [6.07, 6.45) is 19.3. The Balaban J connectivity index is 3.51. The van der Waals surface area contributed by atoms with Crippen LogP contribution < -0.4 is 5.32 Å². The van der Waals surface area contributed by atoms with Crippen molar-refractivity contribution in [1.29, 1.82) is 0 Å². The Morgan fingerprint density at radius 3 is 1.40 bits per heavy atom. The highest BCUT2D eigenvalue weighted by atomic mass is 16.4. The van der Waals surface area contributed by atoms with Gasteiger partial charge in [0, 0.05) is 6.54 Å². The Bertz CT molecular complexity index is 480. The van der Waals surface area contributed by atoms with Crippen LogP contribution in [0.4, 0.5) is 0 Å². The molecule has 0 aliphatic rings.